The molecule has 6 rings (SSSR count). The molecule has 3 N–H and O–H groups in total. The molecule has 2 fully saturated rings. The minimum absolute atomic E-state index is 0.0688. The van der Waals surface area contributed by atoms with Crippen LogP contribution in [0.25, 0.3) is 22.3 Å². The third kappa shape index (κ3) is 4.97. The Kier molecular flexibility index (Phi) is 7.20. The fourth-order valence-electron chi connectivity index (χ4n) is 6.33. The quantitative estimate of drug-likeness (QED) is 0.339. The van der Waals surface area contributed by atoms with Gasteiger partial charge >= 0.3 is 0 Å². The number of benzene rings is 2. The lowest BCUT2D eigenvalue weighted by Gasteiger charge is -2.41. The SMILES string of the molecule is COC[C@]1(O)CCCC[C@H]1n1cnc(C(=O)N2CCNC[C@H]2Cc2nc3ccccc3[nH]2)c1-c1ccccc1. The van der Waals surface area contributed by atoms with Gasteiger partial charge in [0.2, 0.25) is 0 Å². The molecule has 0 bridgehead atoms. The number of carbonyl (C=O) groups excluding carboxylic acids is 1. The van der Waals surface area contributed by atoms with E-state index in [0.717, 1.165) is 53.9 Å². The van der Waals surface area contributed by atoms with Crippen molar-refractivity contribution in [2.75, 3.05) is 33.4 Å². The van der Waals surface area contributed by atoms with Crippen LogP contribution in [-0.2, 0) is 11.2 Å². The largest absolute Gasteiger partial charge is 0.385 e. The van der Waals surface area contributed by atoms with E-state index in [9.17, 15) is 9.90 Å². The Hall–Kier alpha value is -3.53. The van der Waals surface area contributed by atoms with Crippen LogP contribution in [0.1, 0.15) is 48.0 Å². The number of rotatable bonds is 7. The summed E-state index contributed by atoms with van der Waals surface area (Å²) in [5.41, 5.74) is 2.99. The number of ether oxygens (including phenoxy) is 1. The molecule has 2 aliphatic rings. The van der Waals surface area contributed by atoms with Crippen LogP contribution in [0.4, 0.5) is 0 Å². The molecule has 0 spiro atoms. The maximum Gasteiger partial charge on any atom is 0.275 e. The number of hydrogen-bond donors (Lipinski definition) is 3. The number of imidazole rings is 2. The van der Waals surface area contributed by atoms with Crippen LogP contribution in [0, 0.1) is 0 Å². The minimum Gasteiger partial charge on any atom is -0.385 e. The van der Waals surface area contributed by atoms with Crippen molar-refractivity contribution in [3.05, 3.63) is 72.4 Å². The predicted molar refractivity (Wildman–Crippen MR) is 149 cm³/mol. The van der Waals surface area contributed by atoms with Crippen molar-refractivity contribution in [2.24, 2.45) is 0 Å². The number of para-hydroxylation sites is 2. The maximum atomic E-state index is 14.3. The summed E-state index contributed by atoms with van der Waals surface area (Å²) in [5, 5.41) is 15.1. The molecule has 2 aromatic carbocycles. The van der Waals surface area contributed by atoms with Gasteiger partial charge in [-0.05, 0) is 25.0 Å². The first kappa shape index (κ1) is 25.7. The molecule has 1 saturated heterocycles. The van der Waals surface area contributed by atoms with Gasteiger partial charge in [-0.15, -0.1) is 0 Å². The van der Waals surface area contributed by atoms with E-state index in [0.29, 0.717) is 31.6 Å². The number of nitrogens with zero attached hydrogens (tertiary/aromatic N) is 4. The van der Waals surface area contributed by atoms with E-state index in [-0.39, 0.29) is 24.6 Å². The number of nitrogens with one attached hydrogen (secondary N) is 2. The Morgan fingerprint density at radius 3 is 2.79 bits per heavy atom. The molecule has 9 heteroatoms. The second kappa shape index (κ2) is 10.9. The zero-order valence-electron chi connectivity index (χ0n) is 22.3. The molecule has 9 nitrogen and oxygen atoms in total. The van der Waals surface area contributed by atoms with Crippen molar-refractivity contribution in [1.29, 1.82) is 0 Å². The molecule has 0 radical (unpaired) electrons. The van der Waals surface area contributed by atoms with Crippen LogP contribution < -0.4 is 5.32 Å². The number of carbonyl (C=O) groups is 1. The third-order valence-corrected chi connectivity index (χ3v) is 8.21. The molecule has 1 aliphatic heterocycles. The molecule has 3 heterocycles. The molecular weight excluding hydrogens is 492 g/mol. The highest BCUT2D eigenvalue weighted by Gasteiger charge is 2.42. The summed E-state index contributed by atoms with van der Waals surface area (Å²) in [6.07, 6.45) is 5.75. The van der Waals surface area contributed by atoms with E-state index >= 15 is 0 Å². The van der Waals surface area contributed by atoms with Crippen LogP contribution >= 0.6 is 0 Å². The van der Waals surface area contributed by atoms with Crippen molar-refractivity contribution in [1.82, 2.24) is 29.7 Å². The van der Waals surface area contributed by atoms with Gasteiger partial charge in [0.15, 0.2) is 5.69 Å². The fraction of sp³-hybridized carbons (Fsp3) is 0.433. The van der Waals surface area contributed by atoms with Gasteiger partial charge in [-0.25, -0.2) is 9.97 Å². The van der Waals surface area contributed by atoms with Gasteiger partial charge in [0.1, 0.15) is 11.4 Å². The Morgan fingerprint density at radius 2 is 1.97 bits per heavy atom. The Morgan fingerprint density at radius 1 is 1.15 bits per heavy atom. The van der Waals surface area contributed by atoms with Gasteiger partial charge in [0.25, 0.3) is 5.91 Å². The van der Waals surface area contributed by atoms with Crippen LogP contribution in [-0.4, -0.2) is 80.4 Å². The topological polar surface area (TPSA) is 108 Å². The zero-order valence-corrected chi connectivity index (χ0v) is 22.3. The minimum atomic E-state index is -1.02. The van der Waals surface area contributed by atoms with E-state index in [2.05, 4.69) is 10.3 Å². The summed E-state index contributed by atoms with van der Waals surface area (Å²) in [7, 11) is 1.62. The third-order valence-electron chi connectivity index (χ3n) is 8.21. The molecular formula is C30H36N6O3. The number of aromatic nitrogens is 4. The van der Waals surface area contributed by atoms with Crippen LogP contribution in [0.2, 0.25) is 0 Å². The summed E-state index contributed by atoms with van der Waals surface area (Å²) >= 11 is 0. The number of aliphatic hydroxyl groups is 1. The van der Waals surface area contributed by atoms with E-state index in [1.807, 2.05) is 64.1 Å². The fourth-order valence-corrected chi connectivity index (χ4v) is 6.33. The zero-order chi connectivity index (χ0) is 26.8. The van der Waals surface area contributed by atoms with Crippen molar-refractivity contribution in [3.63, 3.8) is 0 Å². The van der Waals surface area contributed by atoms with Crippen molar-refractivity contribution < 1.29 is 14.6 Å². The first-order valence-electron chi connectivity index (χ1n) is 13.9. The summed E-state index contributed by atoms with van der Waals surface area (Å²) in [4.78, 5) is 29.1. The number of fused-ring (bicyclic) bond motifs is 1. The number of amides is 1. The van der Waals surface area contributed by atoms with E-state index in [1.54, 1.807) is 13.4 Å². The molecule has 2 aromatic heterocycles. The molecule has 39 heavy (non-hydrogen) atoms. The van der Waals surface area contributed by atoms with Gasteiger partial charge in [-0.3, -0.25) is 4.79 Å². The average Bonchev–Trinajstić information content (AvgIpc) is 3.58. The van der Waals surface area contributed by atoms with Crippen LogP contribution in [0.5, 0.6) is 0 Å². The molecule has 204 valence electrons. The number of hydrogen-bond acceptors (Lipinski definition) is 6. The smallest absolute Gasteiger partial charge is 0.275 e. The first-order chi connectivity index (χ1) is 19.1. The summed E-state index contributed by atoms with van der Waals surface area (Å²) in [6, 6.07) is 17.6. The Balaban J connectivity index is 1.36. The highest BCUT2D eigenvalue weighted by atomic mass is 16.5. The summed E-state index contributed by atoms with van der Waals surface area (Å²) in [5.74, 6) is 0.768. The van der Waals surface area contributed by atoms with E-state index in [4.69, 9.17) is 14.7 Å². The molecule has 1 amide bonds. The van der Waals surface area contributed by atoms with Crippen LogP contribution in [0.15, 0.2) is 60.9 Å². The monoisotopic (exact) mass is 528 g/mol. The lowest BCUT2D eigenvalue weighted by Crippen LogP contribution is -2.54. The average molecular weight is 529 g/mol. The standard InChI is InChI=1S/C30H36N6O3/c1-39-19-30(38)14-8-7-13-25(30)36-20-32-27(28(36)21-9-3-2-4-10-21)29(37)35-16-15-31-18-22(35)17-26-33-23-11-5-6-12-24(23)34-26/h2-6,9-12,20,22,25,31,38H,7-8,13-19H2,1H3,(H,33,34)/t22-,25-,30-/m1/s1. The lowest BCUT2D eigenvalue weighted by molar-refractivity contribution is -0.0893. The van der Waals surface area contributed by atoms with E-state index < -0.39 is 5.60 Å². The predicted octanol–water partition coefficient (Wildman–Crippen LogP) is 3.58. The van der Waals surface area contributed by atoms with Gasteiger partial charge in [-0.1, -0.05) is 55.3 Å². The lowest BCUT2D eigenvalue weighted by atomic mass is 9.80. The summed E-state index contributed by atoms with van der Waals surface area (Å²) < 4.78 is 7.47. The summed E-state index contributed by atoms with van der Waals surface area (Å²) in [6.45, 7) is 2.23. The molecule has 4 aromatic rings. The normalized spacial score (nSPS) is 23.8. The van der Waals surface area contributed by atoms with Gasteiger partial charge in [-0.2, -0.15) is 0 Å². The molecule has 0 unspecified atom stereocenters. The maximum absolute atomic E-state index is 14.3. The van der Waals surface area contributed by atoms with Crippen molar-refractivity contribution in [3.8, 4) is 11.3 Å². The Bertz CT molecular complexity index is 1400. The molecule has 1 aliphatic carbocycles. The second-order valence-electron chi connectivity index (χ2n) is 10.8. The first-order valence-corrected chi connectivity index (χ1v) is 13.9. The number of aromatic amines is 1. The highest BCUT2D eigenvalue weighted by molar-refractivity contribution is 5.98. The number of H-pyrrole nitrogens is 1. The number of methoxy groups -OCH3 is 1. The second-order valence-corrected chi connectivity index (χ2v) is 10.8. The van der Waals surface area contributed by atoms with Crippen molar-refractivity contribution >= 4 is 16.9 Å². The van der Waals surface area contributed by atoms with E-state index in [1.165, 1.54) is 0 Å². The van der Waals surface area contributed by atoms with Gasteiger partial charge < -0.3 is 29.6 Å². The van der Waals surface area contributed by atoms with Gasteiger partial charge in [0, 0.05) is 38.7 Å². The highest BCUT2D eigenvalue weighted by Crippen LogP contribution is 2.41. The molecule has 1 saturated carbocycles. The van der Waals surface area contributed by atoms with Crippen molar-refractivity contribution in [2.45, 2.75) is 49.8 Å². The Labute approximate surface area is 228 Å². The van der Waals surface area contributed by atoms with Crippen LogP contribution in [0.3, 0.4) is 0 Å². The number of piperazine rings is 1. The van der Waals surface area contributed by atoms with Gasteiger partial charge in [0.05, 0.1) is 41.7 Å². The molecule has 3 atom stereocenters.